The van der Waals surface area contributed by atoms with E-state index in [0.717, 1.165) is 31.2 Å². The number of anilines is 1. The summed E-state index contributed by atoms with van der Waals surface area (Å²) in [6.45, 7) is 1.92. The van der Waals surface area contributed by atoms with E-state index in [-0.39, 0.29) is 23.8 Å². The molecule has 6 rings (SSSR count). The Morgan fingerprint density at radius 1 is 1.03 bits per heavy atom. The van der Waals surface area contributed by atoms with Crippen molar-refractivity contribution in [3.05, 3.63) is 76.3 Å². The fourth-order valence-corrected chi connectivity index (χ4v) is 7.42. The number of hydrogen-bond acceptors (Lipinski definition) is 4. The molecular formula is C30H31Cl2N3O4. The highest BCUT2D eigenvalue weighted by Gasteiger charge is 2.73. The molecule has 2 bridgehead atoms. The quantitative estimate of drug-likeness (QED) is 0.464. The molecule has 3 fully saturated rings. The van der Waals surface area contributed by atoms with E-state index < -0.39 is 35.6 Å². The molecular weight excluding hydrogens is 537 g/mol. The number of carbonyl (C=O) groups is 3. The summed E-state index contributed by atoms with van der Waals surface area (Å²) in [5.74, 6) is -2.50. The second-order valence-corrected chi connectivity index (χ2v) is 11.9. The number of rotatable bonds is 6. The molecule has 4 unspecified atom stereocenters. The van der Waals surface area contributed by atoms with Crippen molar-refractivity contribution in [2.75, 3.05) is 5.32 Å². The zero-order valence-electron chi connectivity index (χ0n) is 21.6. The molecule has 4 aliphatic rings. The van der Waals surface area contributed by atoms with Gasteiger partial charge >= 0.3 is 0 Å². The zero-order valence-corrected chi connectivity index (χ0v) is 23.1. The highest BCUT2D eigenvalue weighted by atomic mass is 35.5. The molecule has 0 radical (unpaired) electrons. The zero-order chi connectivity index (χ0) is 27.3. The minimum Gasteiger partial charge on any atom is -0.359 e. The molecule has 0 aromatic heterocycles. The lowest BCUT2D eigenvalue weighted by Crippen LogP contribution is -2.56. The van der Waals surface area contributed by atoms with Crippen molar-refractivity contribution in [2.45, 2.75) is 68.9 Å². The van der Waals surface area contributed by atoms with Crippen LogP contribution in [0, 0.1) is 11.8 Å². The number of likely N-dealkylation sites (tertiary alicyclic amines) is 1. The van der Waals surface area contributed by atoms with Gasteiger partial charge in [-0.25, -0.2) is 0 Å². The lowest BCUT2D eigenvalue weighted by atomic mass is 9.74. The fourth-order valence-electron chi connectivity index (χ4n) is 6.89. The first-order valence-electron chi connectivity index (χ1n) is 13.6. The van der Waals surface area contributed by atoms with Gasteiger partial charge in [0.15, 0.2) is 0 Å². The molecule has 2 saturated heterocycles. The Hall–Kier alpha value is -2.87. The van der Waals surface area contributed by atoms with Crippen molar-refractivity contribution in [3.8, 4) is 0 Å². The molecule has 204 valence electrons. The van der Waals surface area contributed by atoms with Gasteiger partial charge in [-0.15, -0.1) is 0 Å². The number of halogens is 2. The van der Waals surface area contributed by atoms with Crippen LogP contribution in [0.4, 0.5) is 5.69 Å². The number of nitrogens with one attached hydrogen (secondary N) is 2. The van der Waals surface area contributed by atoms with Crippen LogP contribution in [0.5, 0.6) is 0 Å². The molecule has 1 aliphatic carbocycles. The summed E-state index contributed by atoms with van der Waals surface area (Å²) in [5, 5.41) is 6.87. The van der Waals surface area contributed by atoms with E-state index in [2.05, 4.69) is 10.6 Å². The maximum atomic E-state index is 14.3. The Morgan fingerprint density at radius 3 is 2.41 bits per heavy atom. The third-order valence-electron chi connectivity index (χ3n) is 8.64. The van der Waals surface area contributed by atoms with E-state index in [0.29, 0.717) is 15.7 Å². The van der Waals surface area contributed by atoms with E-state index in [4.69, 9.17) is 27.9 Å². The van der Waals surface area contributed by atoms with Crippen molar-refractivity contribution in [2.24, 2.45) is 11.8 Å². The van der Waals surface area contributed by atoms with Gasteiger partial charge in [0.05, 0.1) is 24.0 Å². The van der Waals surface area contributed by atoms with Crippen LogP contribution in [0.3, 0.4) is 0 Å². The molecule has 39 heavy (non-hydrogen) atoms. The molecule has 9 heteroatoms. The predicted octanol–water partition coefficient (Wildman–Crippen LogP) is 5.29. The number of nitrogens with zero attached hydrogens (tertiary/aromatic N) is 1. The summed E-state index contributed by atoms with van der Waals surface area (Å²) in [4.78, 5) is 43.6. The molecule has 1 spiro atoms. The van der Waals surface area contributed by atoms with Crippen molar-refractivity contribution in [1.29, 1.82) is 0 Å². The number of amides is 3. The summed E-state index contributed by atoms with van der Waals surface area (Å²) >= 11 is 12.3. The highest BCUT2D eigenvalue weighted by Crippen LogP contribution is 2.56. The monoisotopic (exact) mass is 567 g/mol. The predicted molar refractivity (Wildman–Crippen MR) is 149 cm³/mol. The van der Waals surface area contributed by atoms with Crippen LogP contribution in [0.15, 0.2) is 60.7 Å². The van der Waals surface area contributed by atoms with E-state index >= 15 is 0 Å². The van der Waals surface area contributed by atoms with Crippen molar-refractivity contribution in [3.63, 3.8) is 0 Å². The lowest BCUT2D eigenvalue weighted by molar-refractivity contribution is -0.143. The number of hydrogen-bond donors (Lipinski definition) is 2. The van der Waals surface area contributed by atoms with E-state index in [1.807, 2.05) is 49.4 Å². The van der Waals surface area contributed by atoms with Crippen LogP contribution in [0.25, 0.3) is 0 Å². The third-order valence-corrected chi connectivity index (χ3v) is 9.08. The average Bonchev–Trinajstić information content (AvgIpc) is 3.56. The van der Waals surface area contributed by atoms with Crippen molar-refractivity contribution in [1.82, 2.24) is 10.2 Å². The van der Waals surface area contributed by atoms with Crippen LogP contribution >= 0.6 is 23.2 Å². The van der Waals surface area contributed by atoms with Gasteiger partial charge in [-0.05, 0) is 43.5 Å². The topological polar surface area (TPSA) is 87.7 Å². The van der Waals surface area contributed by atoms with Gasteiger partial charge in [-0.1, -0.05) is 84.9 Å². The SMILES string of the molecule is CC(c1ccccc1)N1C(=O)[C@@H]2C(C(=O)Nc3cc(Cl)cc(Cl)c3)[C@@H]3C=CC2(O3)C1C(=O)NC1CCCCC1. The highest BCUT2D eigenvalue weighted by molar-refractivity contribution is 6.35. The Labute approximate surface area is 237 Å². The van der Waals surface area contributed by atoms with Crippen molar-refractivity contribution >= 4 is 46.6 Å². The first-order valence-corrected chi connectivity index (χ1v) is 14.4. The molecule has 1 saturated carbocycles. The maximum absolute atomic E-state index is 14.3. The summed E-state index contributed by atoms with van der Waals surface area (Å²) in [5.41, 5.74) is 0.119. The van der Waals surface area contributed by atoms with Crippen LogP contribution in [0.2, 0.25) is 10.0 Å². The van der Waals surface area contributed by atoms with Gasteiger partial charge in [0.25, 0.3) is 0 Å². The minimum absolute atomic E-state index is 0.0694. The second-order valence-electron chi connectivity index (χ2n) is 11.0. The van der Waals surface area contributed by atoms with Crippen LogP contribution in [0.1, 0.15) is 50.6 Å². The molecule has 6 atom stereocenters. The molecule has 2 aromatic rings. The molecule has 3 aliphatic heterocycles. The molecule has 2 aromatic carbocycles. The minimum atomic E-state index is -1.22. The lowest BCUT2D eigenvalue weighted by Gasteiger charge is -2.37. The van der Waals surface area contributed by atoms with E-state index in [9.17, 15) is 14.4 Å². The van der Waals surface area contributed by atoms with Gasteiger partial charge in [-0.3, -0.25) is 14.4 Å². The van der Waals surface area contributed by atoms with Gasteiger partial charge in [-0.2, -0.15) is 0 Å². The van der Waals surface area contributed by atoms with Crippen molar-refractivity contribution < 1.29 is 19.1 Å². The van der Waals surface area contributed by atoms with Crippen LogP contribution in [-0.4, -0.2) is 46.4 Å². The maximum Gasteiger partial charge on any atom is 0.246 e. The summed E-state index contributed by atoms with van der Waals surface area (Å²) < 4.78 is 6.46. The normalized spacial score (nSPS) is 30.3. The van der Waals surface area contributed by atoms with Crippen LogP contribution in [-0.2, 0) is 19.1 Å². The second kappa shape index (κ2) is 10.3. The van der Waals surface area contributed by atoms with Crippen LogP contribution < -0.4 is 10.6 Å². The first kappa shape index (κ1) is 26.4. The van der Waals surface area contributed by atoms with E-state index in [1.54, 1.807) is 23.1 Å². The Morgan fingerprint density at radius 2 is 1.72 bits per heavy atom. The Bertz CT molecular complexity index is 1310. The Kier molecular flexibility index (Phi) is 6.94. The number of ether oxygens (including phenoxy) is 1. The number of carbonyl (C=O) groups excluding carboxylic acids is 3. The molecule has 3 heterocycles. The number of fused-ring (bicyclic) bond motifs is 1. The van der Waals surface area contributed by atoms with Gasteiger partial charge in [0.1, 0.15) is 11.6 Å². The third kappa shape index (κ3) is 4.54. The molecule has 7 nitrogen and oxygen atoms in total. The average molecular weight is 569 g/mol. The molecule has 3 amide bonds. The van der Waals surface area contributed by atoms with Gasteiger partial charge in [0, 0.05) is 21.8 Å². The smallest absolute Gasteiger partial charge is 0.246 e. The number of benzene rings is 2. The standard InChI is InChI=1S/C30H31Cl2N3O4/c1-17(18-8-4-2-5-9-18)35-26(28(37)33-21-10-6-3-7-11-21)30-13-12-23(39-30)24(25(30)29(35)38)27(36)34-22-15-19(31)14-20(32)16-22/h2,4-5,8-9,12-17,21,23-26H,3,6-7,10-11H2,1H3,(H,33,37)(H,34,36)/t17?,23-,24?,25-,26?,30?/m0/s1. The largest absolute Gasteiger partial charge is 0.359 e. The fraction of sp³-hybridized carbons (Fsp3) is 0.433. The summed E-state index contributed by atoms with van der Waals surface area (Å²) in [6, 6.07) is 13.2. The summed E-state index contributed by atoms with van der Waals surface area (Å²) in [6.07, 6.45) is 8.18. The summed E-state index contributed by atoms with van der Waals surface area (Å²) in [7, 11) is 0. The Balaban J connectivity index is 1.35. The van der Waals surface area contributed by atoms with E-state index in [1.165, 1.54) is 6.42 Å². The first-order chi connectivity index (χ1) is 18.8. The van der Waals surface area contributed by atoms with Gasteiger partial charge < -0.3 is 20.3 Å². The van der Waals surface area contributed by atoms with Gasteiger partial charge in [0.2, 0.25) is 17.7 Å². The molecule has 2 N–H and O–H groups in total.